The first-order valence-corrected chi connectivity index (χ1v) is 6.35. The minimum Gasteiger partial charge on any atom is -0.497 e. The van der Waals surface area contributed by atoms with Crippen molar-refractivity contribution in [3.63, 3.8) is 0 Å². The number of hydrogen-bond acceptors (Lipinski definition) is 3. The Morgan fingerprint density at radius 1 is 1.47 bits per heavy atom. The van der Waals surface area contributed by atoms with Crippen LogP contribution >= 0.6 is 11.8 Å². The van der Waals surface area contributed by atoms with Crippen LogP contribution in [0.1, 0.15) is 0 Å². The van der Waals surface area contributed by atoms with Gasteiger partial charge in [0.25, 0.3) is 0 Å². The van der Waals surface area contributed by atoms with Gasteiger partial charge in [0.2, 0.25) is 0 Å². The normalized spacial score (nSPS) is 30.1. The van der Waals surface area contributed by atoms with Gasteiger partial charge in [-0.25, -0.2) is 0 Å². The highest BCUT2D eigenvalue weighted by Gasteiger charge is 2.15. The molecule has 1 unspecified atom stereocenters. The van der Waals surface area contributed by atoms with Crippen molar-refractivity contribution >= 4 is 11.8 Å². The van der Waals surface area contributed by atoms with Gasteiger partial charge in [-0.3, -0.25) is 0 Å². The Hall–Kier alpha value is -0.670. The van der Waals surface area contributed by atoms with E-state index in [0.29, 0.717) is 5.92 Å². The fourth-order valence-electron chi connectivity index (χ4n) is 1.72. The van der Waals surface area contributed by atoms with Crippen molar-refractivity contribution in [1.29, 1.82) is 0 Å². The second-order valence-corrected chi connectivity index (χ2v) is 4.72. The van der Waals surface area contributed by atoms with Crippen molar-refractivity contribution < 1.29 is 9.47 Å². The Bertz CT molecular complexity index is 305. The predicted octanol–water partition coefficient (Wildman–Crippen LogP) is 2.39. The summed E-state index contributed by atoms with van der Waals surface area (Å²) in [6.07, 6.45) is 8.53. The van der Waals surface area contributed by atoms with Crippen molar-refractivity contribution in [2.24, 2.45) is 5.92 Å². The first-order chi connectivity index (χ1) is 7.40. The Morgan fingerprint density at radius 3 is 3.27 bits per heavy atom. The van der Waals surface area contributed by atoms with Crippen molar-refractivity contribution in [1.82, 2.24) is 0 Å². The van der Waals surface area contributed by atoms with Crippen molar-refractivity contribution in [3.8, 4) is 0 Å². The van der Waals surface area contributed by atoms with Crippen LogP contribution in [0.2, 0.25) is 0 Å². The third-order valence-corrected chi connectivity index (χ3v) is 3.63. The van der Waals surface area contributed by atoms with Crippen LogP contribution in [-0.4, -0.2) is 31.8 Å². The zero-order valence-corrected chi connectivity index (χ0v) is 9.76. The van der Waals surface area contributed by atoms with Gasteiger partial charge < -0.3 is 9.47 Å². The fraction of sp³-hybridized carbons (Fsp3) is 0.500. The lowest BCUT2D eigenvalue weighted by atomic mass is 9.95. The molecule has 15 heavy (non-hydrogen) atoms. The molecular weight excluding hydrogens is 208 g/mol. The lowest BCUT2D eigenvalue weighted by molar-refractivity contribution is 0.180. The van der Waals surface area contributed by atoms with E-state index in [1.54, 1.807) is 7.11 Å². The average molecular weight is 224 g/mol. The van der Waals surface area contributed by atoms with Gasteiger partial charge in [-0.1, -0.05) is 12.2 Å². The SMILES string of the molecule is COC1=CC2CSCCOC/C=C\2C=C1. The van der Waals surface area contributed by atoms with Gasteiger partial charge in [0.15, 0.2) is 0 Å². The number of thioether (sulfide) groups is 1. The van der Waals surface area contributed by atoms with Gasteiger partial charge in [0.05, 0.1) is 20.3 Å². The van der Waals surface area contributed by atoms with Crippen LogP contribution in [0.25, 0.3) is 0 Å². The molecule has 0 aromatic heterocycles. The molecule has 2 aliphatic rings. The molecule has 0 spiro atoms. The van der Waals surface area contributed by atoms with Gasteiger partial charge in [-0.2, -0.15) is 11.8 Å². The van der Waals surface area contributed by atoms with Crippen LogP contribution in [0.15, 0.2) is 35.6 Å². The highest BCUT2D eigenvalue weighted by Crippen LogP contribution is 2.26. The molecule has 0 saturated carbocycles. The Morgan fingerprint density at radius 2 is 2.40 bits per heavy atom. The first kappa shape index (κ1) is 10.8. The number of hydrogen-bond donors (Lipinski definition) is 0. The standard InChI is InChI=1S/C12H16O2S/c1-13-12-3-2-10-4-5-14-6-7-15-9-11(10)8-12/h2-4,8,11H,5-7,9H2,1H3/b10-4-. The molecule has 0 N–H and O–H groups in total. The molecule has 1 aliphatic heterocycles. The van der Waals surface area contributed by atoms with E-state index in [1.807, 2.05) is 17.8 Å². The summed E-state index contributed by atoms with van der Waals surface area (Å²) in [5, 5.41) is 0. The molecule has 0 aromatic carbocycles. The Balaban J connectivity index is 2.13. The third kappa shape index (κ3) is 2.89. The lowest BCUT2D eigenvalue weighted by Gasteiger charge is -2.18. The number of ether oxygens (including phenoxy) is 2. The van der Waals surface area contributed by atoms with Gasteiger partial charge in [0, 0.05) is 17.4 Å². The number of allylic oxidation sites excluding steroid dienone is 4. The van der Waals surface area contributed by atoms with Gasteiger partial charge in [-0.05, 0) is 17.7 Å². The summed E-state index contributed by atoms with van der Waals surface area (Å²) in [5.74, 6) is 3.65. The molecule has 3 heteroatoms. The summed E-state index contributed by atoms with van der Waals surface area (Å²) in [4.78, 5) is 0. The molecule has 0 bridgehead atoms. The number of methoxy groups -OCH3 is 1. The zero-order chi connectivity index (χ0) is 10.5. The van der Waals surface area contributed by atoms with E-state index in [0.717, 1.165) is 30.5 Å². The maximum Gasteiger partial charge on any atom is 0.115 e. The maximum atomic E-state index is 5.47. The smallest absolute Gasteiger partial charge is 0.115 e. The maximum absolute atomic E-state index is 5.47. The van der Waals surface area contributed by atoms with Gasteiger partial charge in [-0.15, -0.1) is 0 Å². The molecule has 0 amide bonds. The van der Waals surface area contributed by atoms with E-state index in [2.05, 4.69) is 18.2 Å². The monoisotopic (exact) mass is 224 g/mol. The predicted molar refractivity (Wildman–Crippen MR) is 63.9 cm³/mol. The minimum absolute atomic E-state index is 0.483. The van der Waals surface area contributed by atoms with E-state index >= 15 is 0 Å². The summed E-state index contributed by atoms with van der Waals surface area (Å²) in [5.41, 5.74) is 1.35. The van der Waals surface area contributed by atoms with Crippen LogP contribution in [0.5, 0.6) is 0 Å². The fourth-order valence-corrected chi connectivity index (χ4v) is 2.66. The molecule has 1 heterocycles. The van der Waals surface area contributed by atoms with Crippen LogP contribution in [0.4, 0.5) is 0 Å². The lowest BCUT2D eigenvalue weighted by Crippen LogP contribution is -2.08. The van der Waals surface area contributed by atoms with E-state index in [4.69, 9.17) is 9.47 Å². The largest absolute Gasteiger partial charge is 0.497 e. The third-order valence-electron chi connectivity index (χ3n) is 2.58. The molecule has 0 aromatic rings. The molecule has 2 nitrogen and oxygen atoms in total. The molecule has 1 aliphatic carbocycles. The minimum atomic E-state index is 0.483. The van der Waals surface area contributed by atoms with E-state index in [1.165, 1.54) is 5.57 Å². The summed E-state index contributed by atoms with van der Waals surface area (Å²) >= 11 is 1.94. The van der Waals surface area contributed by atoms with Crippen LogP contribution in [0, 0.1) is 5.92 Å². The van der Waals surface area contributed by atoms with E-state index in [-0.39, 0.29) is 0 Å². The van der Waals surface area contributed by atoms with Crippen LogP contribution < -0.4 is 0 Å². The quantitative estimate of drug-likeness (QED) is 0.681. The molecular formula is C12H16O2S. The molecule has 82 valence electrons. The number of rotatable bonds is 1. The van der Waals surface area contributed by atoms with Crippen LogP contribution in [-0.2, 0) is 9.47 Å². The summed E-state index contributed by atoms with van der Waals surface area (Å²) in [6, 6.07) is 0. The summed E-state index contributed by atoms with van der Waals surface area (Å²) < 4.78 is 10.7. The molecule has 1 atom stereocenters. The van der Waals surface area contributed by atoms with Crippen LogP contribution in [0.3, 0.4) is 0 Å². The second-order valence-electron chi connectivity index (χ2n) is 3.57. The molecule has 0 saturated heterocycles. The Labute approximate surface area is 95.0 Å². The average Bonchev–Trinajstić information content (AvgIpc) is 2.39. The van der Waals surface area contributed by atoms with Gasteiger partial charge >= 0.3 is 0 Å². The topological polar surface area (TPSA) is 18.5 Å². The first-order valence-electron chi connectivity index (χ1n) is 5.19. The van der Waals surface area contributed by atoms with Crippen molar-refractivity contribution in [2.75, 3.05) is 31.8 Å². The summed E-state index contributed by atoms with van der Waals surface area (Å²) in [6.45, 7) is 1.58. The Kier molecular flexibility index (Phi) is 3.92. The molecule has 0 fully saturated rings. The number of fused-ring (bicyclic) bond motifs is 1. The second kappa shape index (κ2) is 5.42. The molecule has 2 rings (SSSR count). The van der Waals surface area contributed by atoms with E-state index < -0.39 is 0 Å². The zero-order valence-electron chi connectivity index (χ0n) is 8.94. The van der Waals surface area contributed by atoms with Crippen molar-refractivity contribution in [3.05, 3.63) is 35.6 Å². The molecule has 0 radical (unpaired) electrons. The highest BCUT2D eigenvalue weighted by molar-refractivity contribution is 7.99. The van der Waals surface area contributed by atoms with Gasteiger partial charge in [0.1, 0.15) is 5.76 Å². The summed E-state index contributed by atoms with van der Waals surface area (Å²) in [7, 11) is 1.72. The van der Waals surface area contributed by atoms with E-state index in [9.17, 15) is 0 Å². The highest BCUT2D eigenvalue weighted by atomic mass is 32.2. The van der Waals surface area contributed by atoms with Crippen molar-refractivity contribution in [2.45, 2.75) is 0 Å².